The molecule has 2 bridgehead atoms. The van der Waals surface area contributed by atoms with Crippen LogP contribution in [0.5, 0.6) is 5.75 Å². The van der Waals surface area contributed by atoms with Crippen molar-refractivity contribution in [1.82, 2.24) is 35.2 Å². The predicted octanol–water partition coefficient (Wildman–Crippen LogP) is 4.50. The second kappa shape index (κ2) is 16.6. The summed E-state index contributed by atoms with van der Waals surface area (Å²) in [4.78, 5) is 91.4. The van der Waals surface area contributed by atoms with Crippen molar-refractivity contribution in [3.8, 4) is 17.0 Å². The maximum absolute atomic E-state index is 15.7. The number of piperidine rings is 3. The minimum atomic E-state index is -1.35. The Labute approximate surface area is 385 Å². The third kappa shape index (κ3) is 7.53. The van der Waals surface area contributed by atoms with Crippen molar-refractivity contribution in [3.63, 3.8) is 0 Å². The third-order valence-corrected chi connectivity index (χ3v) is 14.6. The number of benzene rings is 3. The summed E-state index contributed by atoms with van der Waals surface area (Å²) in [6.45, 7) is 4.00. The average molecular weight is 929 g/mol. The number of imide groups is 2. The Bertz CT molecular complexity index is 2880. The van der Waals surface area contributed by atoms with Crippen LogP contribution < -0.4 is 20.4 Å². The number of halogens is 2. The first-order valence-corrected chi connectivity index (χ1v) is 23.0. The van der Waals surface area contributed by atoms with E-state index in [-0.39, 0.29) is 59.6 Å². The molecule has 342 valence electrons. The van der Waals surface area contributed by atoms with Crippen molar-refractivity contribution in [2.24, 2.45) is 5.92 Å². The summed E-state index contributed by atoms with van der Waals surface area (Å²) < 4.78 is 30.1. The SMILES string of the molecule is O=C1CCC(N2C(=O)c3cc(F)c(N4C5CC4CN(CC4CCN(c6ccc(-c7ccc8c(c7)C(=O)N(C(C(=O)Nc7nccs7)c7cc(F)ccc7O)C8)nn6)CC4)C5)cc3C2=O)C(=O)N1. The van der Waals surface area contributed by atoms with Crippen molar-refractivity contribution >= 4 is 63.4 Å². The molecule has 3 N–H and O–H groups in total. The minimum Gasteiger partial charge on any atom is -0.508 e. The highest BCUT2D eigenvalue weighted by atomic mass is 32.1. The van der Waals surface area contributed by atoms with Crippen molar-refractivity contribution in [3.05, 3.63) is 112 Å². The highest BCUT2D eigenvalue weighted by Crippen LogP contribution is 2.42. The molecule has 20 heteroatoms. The second-order valence-electron chi connectivity index (χ2n) is 17.9. The van der Waals surface area contributed by atoms with Gasteiger partial charge >= 0.3 is 0 Å². The molecular weight excluding hydrogens is 887 g/mol. The first-order chi connectivity index (χ1) is 32.4. The van der Waals surface area contributed by atoms with Crippen LogP contribution in [0.4, 0.5) is 25.4 Å². The van der Waals surface area contributed by atoms with E-state index in [1.165, 1.54) is 28.5 Å². The Morgan fingerprint density at radius 1 is 0.881 bits per heavy atom. The van der Waals surface area contributed by atoms with Gasteiger partial charge in [0.2, 0.25) is 11.8 Å². The fourth-order valence-electron chi connectivity index (χ4n) is 10.6. The molecule has 0 spiro atoms. The summed E-state index contributed by atoms with van der Waals surface area (Å²) >= 11 is 1.19. The number of aromatic hydroxyl groups is 1. The Kier molecular flexibility index (Phi) is 10.5. The van der Waals surface area contributed by atoms with Crippen molar-refractivity contribution in [2.75, 3.05) is 47.8 Å². The molecule has 5 saturated heterocycles. The van der Waals surface area contributed by atoms with Gasteiger partial charge in [0.05, 0.1) is 22.5 Å². The van der Waals surface area contributed by atoms with E-state index < -0.39 is 59.2 Å². The number of phenolic OH excluding ortho intramolecular Hbond substituents is 1. The molecule has 3 aromatic carbocycles. The van der Waals surface area contributed by atoms with E-state index in [1.54, 1.807) is 17.5 Å². The maximum atomic E-state index is 15.7. The topological polar surface area (TPSA) is 202 Å². The van der Waals surface area contributed by atoms with Crippen molar-refractivity contribution < 1.29 is 42.7 Å². The van der Waals surface area contributed by atoms with Crippen LogP contribution in [-0.4, -0.2) is 121 Å². The van der Waals surface area contributed by atoms with Crippen LogP contribution in [0.25, 0.3) is 11.3 Å². The van der Waals surface area contributed by atoms with Crippen LogP contribution in [0, 0.1) is 17.6 Å². The Morgan fingerprint density at radius 3 is 2.37 bits per heavy atom. The number of rotatable bonds is 10. The zero-order valence-electron chi connectivity index (χ0n) is 35.7. The number of nitrogens with zero attached hydrogens (tertiary/aromatic N) is 8. The lowest BCUT2D eigenvalue weighted by atomic mass is 9.85. The van der Waals surface area contributed by atoms with Gasteiger partial charge in [-0.05, 0) is 85.7 Å². The van der Waals surface area contributed by atoms with E-state index in [0.29, 0.717) is 33.4 Å². The van der Waals surface area contributed by atoms with Gasteiger partial charge in [-0.25, -0.2) is 13.8 Å². The van der Waals surface area contributed by atoms with Gasteiger partial charge in [0.25, 0.3) is 23.6 Å². The lowest BCUT2D eigenvalue weighted by Gasteiger charge is -2.58. The summed E-state index contributed by atoms with van der Waals surface area (Å²) in [5, 5.41) is 26.6. The molecule has 2 aromatic heterocycles. The molecule has 6 amide bonds. The lowest BCUT2D eigenvalue weighted by molar-refractivity contribution is -0.136. The molecule has 5 fully saturated rings. The number of nitrogens with one attached hydrogen (secondary N) is 2. The van der Waals surface area contributed by atoms with Crippen LogP contribution >= 0.6 is 11.3 Å². The largest absolute Gasteiger partial charge is 0.508 e. The smallest absolute Gasteiger partial charge is 0.262 e. The number of fused-ring (bicyclic) bond motifs is 4. The van der Waals surface area contributed by atoms with Crippen LogP contribution in [0.3, 0.4) is 0 Å². The highest BCUT2D eigenvalue weighted by molar-refractivity contribution is 7.13. The van der Waals surface area contributed by atoms with E-state index >= 15 is 4.39 Å². The molecule has 0 saturated carbocycles. The van der Waals surface area contributed by atoms with E-state index in [2.05, 4.69) is 35.6 Å². The summed E-state index contributed by atoms with van der Waals surface area (Å²) in [6, 6.07) is 12.6. The van der Waals surface area contributed by atoms with Gasteiger partial charge in [0.15, 0.2) is 10.9 Å². The Morgan fingerprint density at radius 2 is 1.66 bits per heavy atom. The average Bonchev–Trinajstić information content (AvgIpc) is 4.01. The van der Waals surface area contributed by atoms with Gasteiger partial charge in [0.1, 0.15) is 29.5 Å². The van der Waals surface area contributed by atoms with Gasteiger partial charge < -0.3 is 19.8 Å². The predicted molar refractivity (Wildman–Crippen MR) is 238 cm³/mol. The molecule has 4 atom stereocenters. The first kappa shape index (κ1) is 42.4. The molecule has 0 radical (unpaired) electrons. The van der Waals surface area contributed by atoms with Crippen LogP contribution in [0.1, 0.15) is 80.3 Å². The fraction of sp³-hybridized carbons (Fsp3) is 0.340. The van der Waals surface area contributed by atoms with Gasteiger partial charge in [0, 0.05) is 86.0 Å². The molecule has 4 unspecified atom stereocenters. The van der Waals surface area contributed by atoms with E-state index in [0.717, 1.165) is 87.0 Å². The first-order valence-electron chi connectivity index (χ1n) is 22.2. The zero-order chi connectivity index (χ0) is 46.2. The fourth-order valence-corrected chi connectivity index (χ4v) is 11.2. The van der Waals surface area contributed by atoms with Crippen LogP contribution in [-0.2, 0) is 20.9 Å². The molecule has 17 nitrogen and oxygen atoms in total. The molecular formula is C47H42F2N10O7S. The molecule has 7 aliphatic heterocycles. The van der Waals surface area contributed by atoms with E-state index in [9.17, 15) is 38.3 Å². The second-order valence-corrected chi connectivity index (χ2v) is 18.8. The summed E-state index contributed by atoms with van der Waals surface area (Å²) in [5.41, 5.74) is 2.46. The molecule has 5 aromatic rings. The van der Waals surface area contributed by atoms with Crippen molar-refractivity contribution in [2.45, 2.75) is 62.8 Å². The molecule has 12 rings (SSSR count). The number of phenols is 1. The Hall–Kier alpha value is -7.19. The van der Waals surface area contributed by atoms with Gasteiger partial charge in [-0.3, -0.25) is 49.2 Å². The number of amides is 6. The number of aromatic nitrogens is 3. The van der Waals surface area contributed by atoms with Gasteiger partial charge in [-0.15, -0.1) is 21.5 Å². The number of piperazine rings is 1. The summed E-state index contributed by atoms with van der Waals surface area (Å²) in [6.07, 6.45) is 4.33. The molecule has 7 aliphatic rings. The number of hydrogen-bond acceptors (Lipinski definition) is 14. The standard InChI is InChI=1S/C47H42F2N10O7S/c48-27-3-6-38(60)33(16-27)41(43(63)52-47-50-11-14-67-47)57-21-26-2-1-25(15-30(26)44(57)64)35-4-7-39(54-53-35)56-12-9-24(10-13-56)20-55-22-28-17-29(23-55)58(28)37-19-32-31(18-34(37)49)45(65)59(46(32)66)36-5-8-40(61)51-42(36)62/h1-4,6-7,11,14-16,18-19,24,28-29,36,41,60H,5,8-10,12-13,17,20-23H2,(H,50,52,63)(H,51,61,62). The Balaban J connectivity index is 0.699. The van der Waals surface area contributed by atoms with Gasteiger partial charge in [-0.2, -0.15) is 0 Å². The number of anilines is 3. The third-order valence-electron chi connectivity index (χ3n) is 13.9. The van der Waals surface area contributed by atoms with E-state index in [4.69, 9.17) is 0 Å². The van der Waals surface area contributed by atoms with E-state index in [1.807, 2.05) is 23.1 Å². The minimum absolute atomic E-state index is 0.00271. The molecule has 67 heavy (non-hydrogen) atoms. The number of thiazole rings is 1. The maximum Gasteiger partial charge on any atom is 0.262 e. The van der Waals surface area contributed by atoms with Crippen LogP contribution in [0.2, 0.25) is 0 Å². The normalized spacial score (nSPS) is 22.2. The summed E-state index contributed by atoms with van der Waals surface area (Å²) in [7, 11) is 0. The quantitative estimate of drug-likeness (QED) is 0.166. The van der Waals surface area contributed by atoms with Gasteiger partial charge in [-0.1, -0.05) is 12.1 Å². The molecule has 9 heterocycles. The number of hydrogen-bond donors (Lipinski definition) is 3. The monoisotopic (exact) mass is 928 g/mol. The van der Waals surface area contributed by atoms with Crippen LogP contribution in [0.15, 0.2) is 72.2 Å². The number of carbonyl (C=O) groups is 6. The lowest BCUT2D eigenvalue weighted by Crippen LogP contribution is -2.69. The molecule has 0 aliphatic carbocycles. The number of carbonyl (C=O) groups excluding carboxylic acids is 6. The van der Waals surface area contributed by atoms with Crippen molar-refractivity contribution in [1.29, 1.82) is 0 Å². The highest BCUT2D eigenvalue weighted by Gasteiger charge is 2.49. The summed E-state index contributed by atoms with van der Waals surface area (Å²) in [5.74, 6) is -4.07. The zero-order valence-corrected chi connectivity index (χ0v) is 36.5.